The predicted octanol–water partition coefficient (Wildman–Crippen LogP) is 3.41. The first-order chi connectivity index (χ1) is 9.36. The van der Waals surface area contributed by atoms with Crippen molar-refractivity contribution in [1.82, 2.24) is 4.90 Å². The molecule has 1 rings (SSSR count). The molecule has 1 aromatic rings. The Balaban J connectivity index is 2.99. The molecular formula is C15H21NO3S. The maximum Gasteiger partial charge on any atom is 0.328 e. The molecule has 0 aliphatic heterocycles. The third-order valence-corrected chi connectivity index (χ3v) is 4.08. The van der Waals surface area contributed by atoms with E-state index in [0.717, 1.165) is 29.5 Å². The molecule has 4 nitrogen and oxygen atoms in total. The van der Waals surface area contributed by atoms with Crippen LogP contribution in [0, 0.1) is 6.92 Å². The molecule has 0 spiro atoms. The summed E-state index contributed by atoms with van der Waals surface area (Å²) in [6.07, 6.45) is 3.55. The van der Waals surface area contributed by atoms with E-state index in [1.165, 1.54) is 11.3 Å². The Morgan fingerprint density at radius 3 is 2.60 bits per heavy atom. The van der Waals surface area contributed by atoms with Crippen LogP contribution in [-0.4, -0.2) is 34.5 Å². The Morgan fingerprint density at radius 1 is 1.45 bits per heavy atom. The van der Waals surface area contributed by atoms with Crippen molar-refractivity contribution in [3.63, 3.8) is 0 Å². The summed E-state index contributed by atoms with van der Waals surface area (Å²) < 4.78 is 0. The lowest BCUT2D eigenvalue weighted by Gasteiger charge is -2.25. The minimum Gasteiger partial charge on any atom is -0.478 e. The maximum absolute atomic E-state index is 12.5. The van der Waals surface area contributed by atoms with E-state index in [9.17, 15) is 9.59 Å². The third-order valence-electron chi connectivity index (χ3n) is 2.89. The molecule has 0 bridgehead atoms. The fourth-order valence-electron chi connectivity index (χ4n) is 1.89. The summed E-state index contributed by atoms with van der Waals surface area (Å²) in [6.45, 7) is 8.66. The van der Waals surface area contributed by atoms with Gasteiger partial charge in [-0.3, -0.25) is 4.79 Å². The van der Waals surface area contributed by atoms with E-state index in [-0.39, 0.29) is 11.9 Å². The summed E-state index contributed by atoms with van der Waals surface area (Å²) >= 11 is 1.34. The Kier molecular flexibility index (Phi) is 5.95. The summed E-state index contributed by atoms with van der Waals surface area (Å²) in [5.74, 6) is -0.967. The van der Waals surface area contributed by atoms with Gasteiger partial charge in [0.1, 0.15) is 0 Å². The Hall–Kier alpha value is -1.62. The van der Waals surface area contributed by atoms with Crippen molar-refractivity contribution in [2.24, 2.45) is 0 Å². The number of rotatable bonds is 6. The molecule has 0 saturated carbocycles. The minimum atomic E-state index is -0.986. The van der Waals surface area contributed by atoms with Crippen LogP contribution in [0.2, 0.25) is 0 Å². The van der Waals surface area contributed by atoms with Crippen molar-refractivity contribution in [3.8, 4) is 0 Å². The number of carboxylic acid groups (broad SMARTS) is 1. The molecule has 0 aliphatic rings. The number of thiophene rings is 1. The number of carbonyl (C=O) groups excluding carboxylic acids is 1. The van der Waals surface area contributed by atoms with Gasteiger partial charge >= 0.3 is 5.97 Å². The summed E-state index contributed by atoms with van der Waals surface area (Å²) in [4.78, 5) is 26.3. The van der Waals surface area contributed by atoms with Gasteiger partial charge in [0, 0.05) is 23.5 Å². The molecule has 1 aromatic heterocycles. The monoisotopic (exact) mass is 295 g/mol. The van der Waals surface area contributed by atoms with Gasteiger partial charge in [-0.1, -0.05) is 6.92 Å². The van der Waals surface area contributed by atoms with Gasteiger partial charge < -0.3 is 10.0 Å². The second-order valence-corrected chi connectivity index (χ2v) is 6.01. The lowest BCUT2D eigenvalue weighted by molar-refractivity contribution is -0.131. The van der Waals surface area contributed by atoms with Crippen molar-refractivity contribution in [2.75, 3.05) is 6.54 Å². The zero-order chi connectivity index (χ0) is 15.3. The molecule has 110 valence electrons. The highest BCUT2D eigenvalue weighted by Crippen LogP contribution is 2.25. The molecule has 1 heterocycles. The molecule has 1 N–H and O–H groups in total. The van der Waals surface area contributed by atoms with Crippen molar-refractivity contribution < 1.29 is 14.7 Å². The minimum absolute atomic E-state index is 0.0184. The third kappa shape index (κ3) is 4.20. The SMILES string of the molecule is CCCN(C(=O)c1cc(C)c(/C=C/C(=O)O)s1)C(C)C. The lowest BCUT2D eigenvalue weighted by atomic mass is 10.2. The van der Waals surface area contributed by atoms with Crippen molar-refractivity contribution >= 4 is 29.3 Å². The molecule has 0 atom stereocenters. The fourth-order valence-corrected chi connectivity index (χ4v) is 2.92. The standard InChI is InChI=1S/C15H21NO3S/c1-5-8-16(10(2)3)15(19)13-9-11(4)12(20-13)6-7-14(17)18/h6-7,9-10H,5,8H2,1-4H3,(H,17,18)/b7-6+. The quantitative estimate of drug-likeness (QED) is 0.818. The first-order valence-electron chi connectivity index (χ1n) is 6.69. The van der Waals surface area contributed by atoms with Gasteiger partial charge in [0.05, 0.1) is 4.88 Å². The highest BCUT2D eigenvalue weighted by molar-refractivity contribution is 7.15. The van der Waals surface area contributed by atoms with Crippen molar-refractivity contribution in [3.05, 3.63) is 27.5 Å². The van der Waals surface area contributed by atoms with Gasteiger partial charge in [0.25, 0.3) is 5.91 Å². The Morgan fingerprint density at radius 2 is 2.10 bits per heavy atom. The largest absolute Gasteiger partial charge is 0.478 e. The van der Waals surface area contributed by atoms with Crippen LogP contribution in [0.1, 0.15) is 47.3 Å². The Bertz CT molecular complexity index is 517. The molecule has 20 heavy (non-hydrogen) atoms. The van der Waals surface area contributed by atoms with Crippen molar-refractivity contribution in [2.45, 2.75) is 40.2 Å². The highest BCUT2D eigenvalue weighted by atomic mass is 32.1. The van der Waals surface area contributed by atoms with Gasteiger partial charge in [0.15, 0.2) is 0 Å². The van der Waals surface area contributed by atoms with Crippen LogP contribution in [0.15, 0.2) is 12.1 Å². The van der Waals surface area contributed by atoms with E-state index in [2.05, 4.69) is 0 Å². The number of aliphatic carboxylic acids is 1. The Labute approximate surface area is 123 Å². The van der Waals surface area contributed by atoms with Crippen LogP contribution in [0.4, 0.5) is 0 Å². The summed E-state index contributed by atoms with van der Waals surface area (Å²) in [7, 11) is 0. The van der Waals surface area contributed by atoms with E-state index < -0.39 is 5.97 Å². The average molecular weight is 295 g/mol. The topological polar surface area (TPSA) is 57.6 Å². The van der Waals surface area contributed by atoms with Gasteiger partial charge in [-0.05, 0) is 44.9 Å². The van der Waals surface area contributed by atoms with Gasteiger partial charge in [-0.15, -0.1) is 11.3 Å². The van der Waals surface area contributed by atoms with Gasteiger partial charge in [0.2, 0.25) is 0 Å². The molecular weight excluding hydrogens is 274 g/mol. The molecule has 5 heteroatoms. The second kappa shape index (κ2) is 7.24. The highest BCUT2D eigenvalue weighted by Gasteiger charge is 2.20. The van der Waals surface area contributed by atoms with Crippen LogP contribution in [0.3, 0.4) is 0 Å². The molecule has 0 unspecified atom stereocenters. The summed E-state index contributed by atoms with van der Waals surface area (Å²) in [5, 5.41) is 8.66. The number of carboxylic acids is 1. The fraction of sp³-hybridized carbons (Fsp3) is 0.467. The van der Waals surface area contributed by atoms with Crippen LogP contribution in [0.25, 0.3) is 6.08 Å². The van der Waals surface area contributed by atoms with Crippen molar-refractivity contribution in [1.29, 1.82) is 0 Å². The van der Waals surface area contributed by atoms with Crippen LogP contribution >= 0.6 is 11.3 Å². The second-order valence-electron chi connectivity index (χ2n) is 4.92. The van der Waals surface area contributed by atoms with E-state index in [1.54, 1.807) is 6.08 Å². The normalized spacial score (nSPS) is 11.2. The number of nitrogens with zero attached hydrogens (tertiary/aromatic N) is 1. The van der Waals surface area contributed by atoms with Gasteiger partial charge in [-0.25, -0.2) is 4.79 Å². The maximum atomic E-state index is 12.5. The van der Waals surface area contributed by atoms with Gasteiger partial charge in [-0.2, -0.15) is 0 Å². The summed E-state index contributed by atoms with van der Waals surface area (Å²) in [5.41, 5.74) is 0.927. The number of hydrogen-bond donors (Lipinski definition) is 1. The molecule has 0 aliphatic carbocycles. The van der Waals surface area contributed by atoms with Crippen LogP contribution in [-0.2, 0) is 4.79 Å². The number of amides is 1. The smallest absolute Gasteiger partial charge is 0.328 e. The molecule has 1 amide bonds. The van der Waals surface area contributed by atoms with E-state index >= 15 is 0 Å². The molecule has 0 radical (unpaired) electrons. The first-order valence-corrected chi connectivity index (χ1v) is 7.50. The van der Waals surface area contributed by atoms with E-state index in [4.69, 9.17) is 5.11 Å². The molecule has 0 aromatic carbocycles. The van der Waals surface area contributed by atoms with E-state index in [0.29, 0.717) is 4.88 Å². The number of hydrogen-bond acceptors (Lipinski definition) is 3. The average Bonchev–Trinajstić information content (AvgIpc) is 2.73. The summed E-state index contributed by atoms with van der Waals surface area (Å²) in [6, 6.07) is 1.99. The van der Waals surface area contributed by atoms with Crippen LogP contribution < -0.4 is 0 Å². The lowest BCUT2D eigenvalue weighted by Crippen LogP contribution is -2.37. The number of aryl methyl sites for hydroxylation is 1. The predicted molar refractivity (Wildman–Crippen MR) is 82.2 cm³/mol. The molecule has 0 saturated heterocycles. The molecule has 0 fully saturated rings. The van der Waals surface area contributed by atoms with Crippen LogP contribution in [0.5, 0.6) is 0 Å². The zero-order valence-electron chi connectivity index (χ0n) is 12.3. The number of carbonyl (C=O) groups is 2. The first kappa shape index (κ1) is 16.4. The van der Waals surface area contributed by atoms with E-state index in [1.807, 2.05) is 38.7 Å². The zero-order valence-corrected chi connectivity index (χ0v) is 13.2.